The van der Waals surface area contributed by atoms with Crippen LogP contribution in [0.25, 0.3) is 10.9 Å². The molecule has 0 radical (unpaired) electrons. The summed E-state index contributed by atoms with van der Waals surface area (Å²) in [6.07, 6.45) is 10.4. The van der Waals surface area contributed by atoms with Crippen molar-refractivity contribution in [3.8, 4) is 0 Å². The number of fused-ring (bicyclic) bond motifs is 1. The van der Waals surface area contributed by atoms with Crippen LogP contribution in [0.15, 0.2) is 24.4 Å². The molecule has 0 aliphatic heterocycles. The molecule has 2 nitrogen and oxygen atoms in total. The van der Waals surface area contributed by atoms with Crippen LogP contribution in [-0.2, 0) is 0 Å². The number of benzene rings is 1. The topological polar surface area (TPSA) is 32.9 Å². The summed E-state index contributed by atoms with van der Waals surface area (Å²) in [5.41, 5.74) is 3.14. The number of carbonyl (C=O) groups is 1. The van der Waals surface area contributed by atoms with Crippen LogP contribution in [0.3, 0.4) is 0 Å². The van der Waals surface area contributed by atoms with Gasteiger partial charge in [0, 0.05) is 29.1 Å². The predicted octanol–water partition coefficient (Wildman–Crippen LogP) is 5.02. The number of aromatic amines is 1. The second-order valence-electron chi connectivity index (χ2n) is 6.17. The third-order valence-electron chi connectivity index (χ3n) is 4.72. The Balaban J connectivity index is 1.72. The van der Waals surface area contributed by atoms with E-state index < -0.39 is 0 Å². The zero-order valence-corrected chi connectivity index (χ0v) is 12.2. The molecule has 1 saturated carbocycles. The molecule has 1 aliphatic carbocycles. The van der Waals surface area contributed by atoms with E-state index in [-0.39, 0.29) is 0 Å². The molecule has 20 heavy (non-hydrogen) atoms. The first-order chi connectivity index (χ1) is 9.75. The van der Waals surface area contributed by atoms with Crippen molar-refractivity contribution < 1.29 is 4.79 Å². The van der Waals surface area contributed by atoms with Crippen molar-refractivity contribution in [1.82, 2.24) is 4.98 Å². The van der Waals surface area contributed by atoms with Crippen molar-refractivity contribution in [2.24, 2.45) is 5.92 Å². The fourth-order valence-corrected chi connectivity index (χ4v) is 3.53. The number of aryl methyl sites for hydroxylation is 1. The minimum atomic E-state index is 0.302. The van der Waals surface area contributed by atoms with Crippen molar-refractivity contribution in [3.63, 3.8) is 0 Å². The van der Waals surface area contributed by atoms with E-state index in [4.69, 9.17) is 0 Å². The van der Waals surface area contributed by atoms with Crippen LogP contribution < -0.4 is 0 Å². The van der Waals surface area contributed by atoms with E-state index >= 15 is 0 Å². The summed E-state index contributed by atoms with van der Waals surface area (Å²) in [6.45, 7) is 2.08. The first kappa shape index (κ1) is 13.4. The van der Waals surface area contributed by atoms with Gasteiger partial charge < -0.3 is 4.98 Å². The van der Waals surface area contributed by atoms with Crippen LogP contribution in [0.5, 0.6) is 0 Å². The highest BCUT2D eigenvalue weighted by Gasteiger charge is 2.17. The minimum Gasteiger partial charge on any atom is -0.360 e. The van der Waals surface area contributed by atoms with Gasteiger partial charge in [-0.2, -0.15) is 0 Å². The van der Waals surface area contributed by atoms with Crippen LogP contribution in [0.1, 0.15) is 60.9 Å². The quantitative estimate of drug-likeness (QED) is 0.777. The Kier molecular flexibility index (Phi) is 3.90. The second-order valence-corrected chi connectivity index (χ2v) is 6.17. The molecular weight excluding hydrogens is 246 g/mol. The maximum Gasteiger partial charge on any atom is 0.165 e. The molecule has 0 spiro atoms. The smallest absolute Gasteiger partial charge is 0.165 e. The molecular formula is C18H23NO. The first-order valence-electron chi connectivity index (χ1n) is 7.85. The molecule has 3 rings (SSSR count). The van der Waals surface area contributed by atoms with Gasteiger partial charge >= 0.3 is 0 Å². The van der Waals surface area contributed by atoms with E-state index in [0.717, 1.165) is 28.8 Å². The maximum atomic E-state index is 12.5. The molecule has 0 saturated heterocycles. The molecule has 1 fully saturated rings. The Bertz CT molecular complexity index is 605. The summed E-state index contributed by atoms with van der Waals surface area (Å²) in [5.74, 6) is 1.08. The van der Waals surface area contributed by atoms with E-state index in [2.05, 4.69) is 18.0 Å². The lowest BCUT2D eigenvalue weighted by Gasteiger charge is -2.20. The summed E-state index contributed by atoms with van der Waals surface area (Å²) in [7, 11) is 0. The fourth-order valence-electron chi connectivity index (χ4n) is 3.53. The molecule has 1 aromatic heterocycles. The van der Waals surface area contributed by atoms with Gasteiger partial charge in [0.1, 0.15) is 0 Å². The minimum absolute atomic E-state index is 0.302. The van der Waals surface area contributed by atoms with E-state index in [0.29, 0.717) is 12.2 Å². The SMILES string of the molecule is Cc1cccc2[nH]cc(C(=O)CCC3CCCCC3)c12. The zero-order valence-electron chi connectivity index (χ0n) is 12.2. The normalized spacial score (nSPS) is 16.6. The number of Topliss-reactive ketones (excluding diaryl/α,β-unsaturated/α-hetero) is 1. The largest absolute Gasteiger partial charge is 0.360 e. The van der Waals surface area contributed by atoms with Crippen LogP contribution in [0, 0.1) is 12.8 Å². The number of H-pyrrole nitrogens is 1. The van der Waals surface area contributed by atoms with Gasteiger partial charge in [-0.3, -0.25) is 4.79 Å². The highest BCUT2D eigenvalue weighted by molar-refractivity contribution is 6.08. The zero-order chi connectivity index (χ0) is 13.9. The van der Waals surface area contributed by atoms with E-state index in [1.165, 1.54) is 37.7 Å². The lowest BCUT2D eigenvalue weighted by Crippen LogP contribution is -2.09. The third kappa shape index (κ3) is 2.65. The standard InChI is InChI=1S/C18H23NO/c1-13-6-5-9-16-18(13)15(12-19-16)17(20)11-10-14-7-3-2-4-8-14/h5-6,9,12,14,19H,2-4,7-8,10-11H2,1H3. The summed E-state index contributed by atoms with van der Waals surface area (Å²) >= 11 is 0. The summed E-state index contributed by atoms with van der Waals surface area (Å²) in [4.78, 5) is 15.7. The number of rotatable bonds is 4. The van der Waals surface area contributed by atoms with Crippen molar-refractivity contribution in [1.29, 1.82) is 0 Å². The number of hydrogen-bond donors (Lipinski definition) is 1. The Morgan fingerprint density at radius 2 is 2.05 bits per heavy atom. The number of carbonyl (C=O) groups excluding carboxylic acids is 1. The van der Waals surface area contributed by atoms with Gasteiger partial charge in [0.2, 0.25) is 0 Å². The van der Waals surface area contributed by atoms with E-state index in [1.54, 1.807) is 0 Å². The van der Waals surface area contributed by atoms with Gasteiger partial charge in [-0.05, 0) is 30.9 Å². The summed E-state index contributed by atoms with van der Waals surface area (Å²) in [6, 6.07) is 6.15. The Labute approximate surface area is 120 Å². The Morgan fingerprint density at radius 1 is 1.25 bits per heavy atom. The Morgan fingerprint density at radius 3 is 2.85 bits per heavy atom. The van der Waals surface area contributed by atoms with E-state index in [9.17, 15) is 4.79 Å². The average molecular weight is 269 g/mol. The van der Waals surface area contributed by atoms with Gasteiger partial charge in [0.15, 0.2) is 5.78 Å². The average Bonchev–Trinajstić information content (AvgIpc) is 2.91. The maximum absolute atomic E-state index is 12.5. The molecule has 0 unspecified atom stereocenters. The number of nitrogens with one attached hydrogen (secondary N) is 1. The van der Waals surface area contributed by atoms with Gasteiger partial charge in [-0.15, -0.1) is 0 Å². The lowest BCUT2D eigenvalue weighted by molar-refractivity contribution is 0.0972. The van der Waals surface area contributed by atoms with Crippen molar-refractivity contribution in [3.05, 3.63) is 35.5 Å². The third-order valence-corrected chi connectivity index (χ3v) is 4.72. The molecule has 2 aromatic rings. The number of ketones is 1. The molecule has 1 heterocycles. The monoisotopic (exact) mass is 269 g/mol. The van der Waals surface area contributed by atoms with Gasteiger partial charge in [0.25, 0.3) is 0 Å². The highest BCUT2D eigenvalue weighted by atomic mass is 16.1. The molecule has 1 aromatic carbocycles. The molecule has 106 valence electrons. The van der Waals surface area contributed by atoms with Crippen molar-refractivity contribution in [2.45, 2.75) is 51.9 Å². The molecule has 2 heteroatoms. The predicted molar refractivity (Wildman–Crippen MR) is 83.2 cm³/mol. The van der Waals surface area contributed by atoms with Gasteiger partial charge in [-0.25, -0.2) is 0 Å². The van der Waals surface area contributed by atoms with Gasteiger partial charge in [-0.1, -0.05) is 44.2 Å². The lowest BCUT2D eigenvalue weighted by atomic mass is 9.85. The van der Waals surface area contributed by atoms with Crippen molar-refractivity contribution in [2.75, 3.05) is 0 Å². The van der Waals surface area contributed by atoms with Crippen LogP contribution in [-0.4, -0.2) is 10.8 Å². The van der Waals surface area contributed by atoms with Crippen LogP contribution in [0.4, 0.5) is 0 Å². The van der Waals surface area contributed by atoms with Crippen LogP contribution in [0.2, 0.25) is 0 Å². The molecule has 0 atom stereocenters. The van der Waals surface area contributed by atoms with Gasteiger partial charge in [0.05, 0.1) is 0 Å². The molecule has 1 N–H and O–H groups in total. The summed E-state index contributed by atoms with van der Waals surface area (Å²) < 4.78 is 0. The van der Waals surface area contributed by atoms with E-state index in [1.807, 2.05) is 18.3 Å². The molecule has 0 bridgehead atoms. The second kappa shape index (κ2) is 5.82. The van der Waals surface area contributed by atoms with Crippen molar-refractivity contribution >= 4 is 16.7 Å². The molecule has 0 amide bonds. The summed E-state index contributed by atoms with van der Waals surface area (Å²) in [5, 5.41) is 1.11. The number of hydrogen-bond acceptors (Lipinski definition) is 1. The van der Waals surface area contributed by atoms with Crippen LogP contribution >= 0.6 is 0 Å². The molecule has 1 aliphatic rings. The highest BCUT2D eigenvalue weighted by Crippen LogP contribution is 2.29. The Hall–Kier alpha value is -1.57. The first-order valence-corrected chi connectivity index (χ1v) is 7.85. The fraction of sp³-hybridized carbons (Fsp3) is 0.500. The number of aromatic nitrogens is 1.